The van der Waals surface area contributed by atoms with Crippen molar-refractivity contribution < 1.29 is 13.9 Å². The molecule has 7 aromatic rings. The molecular weight excluding hydrogens is 832 g/mol. The molecule has 0 saturated carbocycles. The lowest BCUT2D eigenvalue weighted by Crippen LogP contribution is -2.15. The number of ether oxygens (including phenoxy) is 2. The number of hydrogen-bond acceptors (Lipinski definition) is 8. The number of rotatable bonds is 26. The number of aromatic nitrogens is 2. The average molecular weight is 895 g/mol. The van der Waals surface area contributed by atoms with Crippen LogP contribution in [0.15, 0.2) is 77.5 Å². The van der Waals surface area contributed by atoms with Crippen molar-refractivity contribution in [3.63, 3.8) is 0 Å². The Hall–Kier alpha value is -3.63. The van der Waals surface area contributed by atoms with Gasteiger partial charge in [-0.15, -0.1) is 45.3 Å². The molecule has 0 N–H and O–H groups in total. The predicted molar refractivity (Wildman–Crippen MR) is 265 cm³/mol. The Morgan fingerprint density at radius 2 is 0.984 bits per heavy atom. The zero-order valence-corrected chi connectivity index (χ0v) is 39.9. The second-order valence-electron chi connectivity index (χ2n) is 16.6. The molecule has 0 fully saturated rings. The Bertz CT molecular complexity index is 2380. The Labute approximate surface area is 379 Å². The van der Waals surface area contributed by atoms with Gasteiger partial charge in [-0.25, -0.2) is 14.4 Å². The van der Waals surface area contributed by atoms with Crippen LogP contribution in [0.1, 0.15) is 130 Å². The normalized spacial score (nSPS) is 12.7. The van der Waals surface area contributed by atoms with Crippen LogP contribution in [0.2, 0.25) is 0 Å². The van der Waals surface area contributed by atoms with Crippen LogP contribution in [-0.2, 0) is 0 Å². The van der Waals surface area contributed by atoms with Gasteiger partial charge in [-0.2, -0.15) is 0 Å². The number of thiophene rings is 4. The van der Waals surface area contributed by atoms with Gasteiger partial charge in [0.25, 0.3) is 0 Å². The third-order valence-electron chi connectivity index (χ3n) is 11.8. The molecule has 324 valence electrons. The minimum atomic E-state index is -0.294. The Morgan fingerprint density at radius 1 is 0.508 bits per heavy atom. The maximum Gasteiger partial charge on any atom is 0.163 e. The van der Waals surface area contributed by atoms with Crippen molar-refractivity contribution in [3.05, 3.63) is 83.3 Å². The molecule has 2 atom stereocenters. The lowest BCUT2D eigenvalue weighted by atomic mass is 9.96. The van der Waals surface area contributed by atoms with Gasteiger partial charge in [0, 0.05) is 47.0 Å². The van der Waals surface area contributed by atoms with E-state index in [9.17, 15) is 0 Å². The molecule has 0 radical (unpaired) electrons. The molecule has 0 aliphatic carbocycles. The van der Waals surface area contributed by atoms with Gasteiger partial charge in [-0.1, -0.05) is 117 Å². The molecule has 9 heteroatoms. The maximum absolute atomic E-state index is 16.9. The highest BCUT2D eigenvalue weighted by molar-refractivity contribution is 7.24. The first-order valence-electron chi connectivity index (χ1n) is 23.0. The Kier molecular flexibility index (Phi) is 17.2. The number of unbranched alkanes of at least 4 members (excludes halogenated alkanes) is 8. The van der Waals surface area contributed by atoms with Gasteiger partial charge in [-0.3, -0.25) is 0 Å². The van der Waals surface area contributed by atoms with E-state index in [1.807, 2.05) is 18.2 Å². The van der Waals surface area contributed by atoms with Crippen LogP contribution < -0.4 is 9.47 Å². The SMILES string of the molecule is CCCCCCC(CCCC)COc1cc2nc3c(-c4ccc(-c5cccs5)s4)cc(F)c(-c4ccc(-c5cccs5)s4)c3nc2cc1OCC(CCCC)CCCCCC. The first kappa shape index (κ1) is 45.4. The van der Waals surface area contributed by atoms with Crippen molar-refractivity contribution in [2.45, 2.75) is 130 Å². The van der Waals surface area contributed by atoms with E-state index in [-0.39, 0.29) is 5.82 Å². The van der Waals surface area contributed by atoms with Gasteiger partial charge in [0.1, 0.15) is 11.3 Å². The van der Waals surface area contributed by atoms with E-state index < -0.39 is 0 Å². The molecule has 5 aromatic heterocycles. The second-order valence-corrected chi connectivity index (χ2v) is 20.7. The van der Waals surface area contributed by atoms with E-state index in [1.165, 1.54) is 99.6 Å². The molecule has 2 unspecified atom stereocenters. The first-order valence-corrected chi connectivity index (χ1v) is 26.4. The molecule has 5 heterocycles. The van der Waals surface area contributed by atoms with Gasteiger partial charge < -0.3 is 9.47 Å². The summed E-state index contributed by atoms with van der Waals surface area (Å²) in [5.74, 6) is 2.11. The van der Waals surface area contributed by atoms with Crippen molar-refractivity contribution >= 4 is 67.4 Å². The van der Waals surface area contributed by atoms with Crippen molar-refractivity contribution in [1.29, 1.82) is 0 Å². The predicted octanol–water partition coefficient (Wildman–Crippen LogP) is 18.1. The number of hydrogen-bond donors (Lipinski definition) is 0. The van der Waals surface area contributed by atoms with Crippen molar-refractivity contribution in [2.24, 2.45) is 11.8 Å². The van der Waals surface area contributed by atoms with Crippen LogP contribution in [0.3, 0.4) is 0 Å². The fraction of sp³-hybridized carbons (Fsp3) is 0.462. The largest absolute Gasteiger partial charge is 0.489 e. The van der Waals surface area contributed by atoms with Crippen LogP contribution >= 0.6 is 45.3 Å². The highest BCUT2D eigenvalue weighted by Crippen LogP contribution is 2.45. The van der Waals surface area contributed by atoms with Crippen LogP contribution in [0, 0.1) is 17.7 Å². The fourth-order valence-electron chi connectivity index (χ4n) is 8.25. The van der Waals surface area contributed by atoms with Gasteiger partial charge >= 0.3 is 0 Å². The highest BCUT2D eigenvalue weighted by atomic mass is 32.1. The van der Waals surface area contributed by atoms with Crippen molar-refractivity contribution in [2.75, 3.05) is 13.2 Å². The molecule has 0 bridgehead atoms. The van der Waals surface area contributed by atoms with Crippen LogP contribution in [0.25, 0.3) is 62.5 Å². The topological polar surface area (TPSA) is 44.2 Å². The Morgan fingerprint density at radius 3 is 1.49 bits per heavy atom. The molecule has 0 spiro atoms. The minimum absolute atomic E-state index is 0.294. The molecule has 61 heavy (non-hydrogen) atoms. The van der Waals surface area contributed by atoms with E-state index >= 15 is 4.39 Å². The summed E-state index contributed by atoms with van der Waals surface area (Å²) in [7, 11) is 0. The smallest absolute Gasteiger partial charge is 0.163 e. The number of fused-ring (bicyclic) bond motifs is 2. The summed E-state index contributed by atoms with van der Waals surface area (Å²) in [4.78, 5) is 17.2. The fourth-order valence-corrected chi connectivity index (χ4v) is 12.0. The standard InChI is InChI=1S/C52H63FN2O2S4/c1-5-9-13-15-21-36(19-11-7-3)34-56-42-32-40-41(33-43(42)57-35-37(20-12-8-4)22-16-14-10-6-2)55-52-50(49-28-27-48(61-49)46-24-18-30-59-46)39(53)31-38(51(52)54-40)44-25-26-47(60-44)45-23-17-29-58-45/h17-18,23-33,36-37H,5-16,19-22,34-35H2,1-4H3. The third-order valence-corrected chi connectivity index (χ3v) is 16.1. The molecule has 2 aromatic carbocycles. The van der Waals surface area contributed by atoms with Gasteiger partial charge in [0.15, 0.2) is 11.5 Å². The zero-order valence-electron chi connectivity index (χ0n) is 36.6. The van der Waals surface area contributed by atoms with Gasteiger partial charge in [-0.05, 0) is 90.7 Å². The van der Waals surface area contributed by atoms with Crippen LogP contribution in [0.5, 0.6) is 11.5 Å². The average Bonchev–Trinajstić information content (AvgIpc) is 4.13. The summed E-state index contributed by atoms with van der Waals surface area (Å²) in [5, 5.41) is 4.18. The summed E-state index contributed by atoms with van der Waals surface area (Å²) in [6.45, 7) is 10.4. The third kappa shape index (κ3) is 11.9. The second kappa shape index (κ2) is 23.2. The molecule has 4 nitrogen and oxygen atoms in total. The van der Waals surface area contributed by atoms with Crippen molar-refractivity contribution in [3.8, 4) is 51.9 Å². The summed E-state index contributed by atoms with van der Waals surface area (Å²) in [5.41, 5.74) is 3.92. The summed E-state index contributed by atoms with van der Waals surface area (Å²) < 4.78 is 30.6. The lowest BCUT2D eigenvalue weighted by Gasteiger charge is -2.22. The van der Waals surface area contributed by atoms with E-state index in [4.69, 9.17) is 19.4 Å². The quantitative estimate of drug-likeness (QED) is 0.0401. The molecule has 0 aliphatic rings. The summed E-state index contributed by atoms with van der Waals surface area (Å²) >= 11 is 6.68. The van der Waals surface area contributed by atoms with Crippen LogP contribution in [0.4, 0.5) is 4.39 Å². The minimum Gasteiger partial charge on any atom is -0.489 e. The monoisotopic (exact) mass is 894 g/mol. The van der Waals surface area contributed by atoms with Crippen molar-refractivity contribution in [1.82, 2.24) is 9.97 Å². The summed E-state index contributed by atoms with van der Waals surface area (Å²) in [6.07, 6.45) is 19.5. The number of nitrogens with zero attached hydrogens (tertiary/aromatic N) is 2. The first-order chi connectivity index (χ1) is 30.0. The van der Waals surface area contributed by atoms with Crippen LogP contribution in [-0.4, -0.2) is 23.2 Å². The maximum atomic E-state index is 16.9. The van der Waals surface area contributed by atoms with E-state index in [1.54, 1.807) is 51.4 Å². The zero-order chi connectivity index (χ0) is 42.4. The molecule has 0 amide bonds. The molecule has 7 rings (SSSR count). The highest BCUT2D eigenvalue weighted by Gasteiger charge is 2.23. The number of benzene rings is 2. The van der Waals surface area contributed by atoms with Gasteiger partial charge in [0.2, 0.25) is 0 Å². The Balaban J connectivity index is 1.32. The molecular formula is C52H63FN2O2S4. The summed E-state index contributed by atoms with van der Waals surface area (Å²) in [6, 6.07) is 22.5. The van der Waals surface area contributed by atoms with E-state index in [0.29, 0.717) is 52.9 Å². The lowest BCUT2D eigenvalue weighted by molar-refractivity contribution is 0.193. The molecule has 0 aliphatic heterocycles. The van der Waals surface area contributed by atoms with E-state index in [0.717, 1.165) is 49.2 Å². The number of halogens is 1. The van der Waals surface area contributed by atoms with Gasteiger partial charge in [0.05, 0.1) is 35.3 Å². The van der Waals surface area contributed by atoms with E-state index in [2.05, 4.69) is 80.9 Å². The molecule has 0 saturated heterocycles.